The van der Waals surface area contributed by atoms with Gasteiger partial charge in [-0.05, 0) is 36.6 Å². The summed E-state index contributed by atoms with van der Waals surface area (Å²) in [4.78, 5) is 17.8. The predicted molar refractivity (Wildman–Crippen MR) is 112 cm³/mol. The number of nitrogens with one attached hydrogen (secondary N) is 1. The predicted octanol–water partition coefficient (Wildman–Crippen LogP) is 1.97. The number of fused-ring (bicyclic) bond motifs is 2. The molecule has 0 aromatic heterocycles. The summed E-state index contributed by atoms with van der Waals surface area (Å²) in [7, 11) is 3.19. The van der Waals surface area contributed by atoms with Crippen molar-refractivity contribution in [1.29, 1.82) is 0 Å². The van der Waals surface area contributed by atoms with Crippen molar-refractivity contribution in [3.63, 3.8) is 0 Å². The zero-order valence-corrected chi connectivity index (χ0v) is 17.8. The van der Waals surface area contributed by atoms with Gasteiger partial charge in [-0.1, -0.05) is 27.7 Å². The second-order valence-electron chi connectivity index (χ2n) is 6.03. The maximum atomic E-state index is 12.9. The van der Waals surface area contributed by atoms with Crippen molar-refractivity contribution in [1.82, 2.24) is 10.3 Å². The van der Waals surface area contributed by atoms with Gasteiger partial charge in [-0.2, -0.15) is 0 Å². The molecule has 1 atom stereocenters. The number of benzene rings is 2. The van der Waals surface area contributed by atoms with Gasteiger partial charge >= 0.3 is 0 Å². The molecule has 2 aromatic rings. The highest BCUT2D eigenvalue weighted by Gasteiger charge is 2.35. The molecule has 0 saturated heterocycles. The van der Waals surface area contributed by atoms with Crippen LogP contribution in [0.5, 0.6) is 11.5 Å². The summed E-state index contributed by atoms with van der Waals surface area (Å²) in [6.07, 6.45) is 1.32. The van der Waals surface area contributed by atoms with E-state index >= 15 is 0 Å². The van der Waals surface area contributed by atoms with Gasteiger partial charge in [0, 0.05) is 21.3 Å². The van der Waals surface area contributed by atoms with E-state index in [9.17, 15) is 4.79 Å². The third-order valence-electron chi connectivity index (χ3n) is 4.48. The summed E-state index contributed by atoms with van der Waals surface area (Å²) in [5, 5.41) is 11.1. The van der Waals surface area contributed by atoms with Crippen molar-refractivity contribution in [2.75, 3.05) is 20.5 Å². The average Bonchev–Trinajstić information content (AvgIpc) is 2.72. The Labute approximate surface area is 174 Å². The Morgan fingerprint density at radius 3 is 2.71 bits per heavy atom. The van der Waals surface area contributed by atoms with E-state index in [0.29, 0.717) is 22.4 Å². The molecule has 1 amide bonds. The molecule has 28 heavy (non-hydrogen) atoms. The number of carbonyl (C=O) groups excluding carboxylic acids is 1. The van der Waals surface area contributed by atoms with E-state index in [-0.39, 0.29) is 5.91 Å². The Kier molecular flexibility index (Phi) is 5.03. The first-order valence-electron chi connectivity index (χ1n) is 8.38. The zero-order chi connectivity index (χ0) is 19.8. The van der Waals surface area contributed by atoms with Crippen LogP contribution in [-0.4, -0.2) is 36.6 Å². The molecular formula is C19H17BrN4O3S. The Morgan fingerprint density at radius 2 is 2.00 bits per heavy atom. The van der Waals surface area contributed by atoms with E-state index in [0.717, 1.165) is 20.6 Å². The summed E-state index contributed by atoms with van der Waals surface area (Å²) in [5.74, 6) is 1.07. The number of amidine groups is 1. The molecule has 0 unspecified atom stereocenters. The first-order chi connectivity index (χ1) is 13.5. The van der Waals surface area contributed by atoms with Gasteiger partial charge in [0.25, 0.3) is 5.91 Å². The molecular weight excluding hydrogens is 444 g/mol. The third-order valence-corrected chi connectivity index (χ3v) is 5.55. The van der Waals surface area contributed by atoms with Crippen molar-refractivity contribution in [3.05, 3.63) is 57.0 Å². The highest BCUT2D eigenvalue weighted by atomic mass is 79.9. The van der Waals surface area contributed by atoms with E-state index in [4.69, 9.17) is 14.5 Å². The van der Waals surface area contributed by atoms with Gasteiger partial charge < -0.3 is 9.47 Å². The molecule has 0 fully saturated rings. The van der Waals surface area contributed by atoms with Gasteiger partial charge in [-0.25, -0.2) is 5.01 Å². The number of halogens is 1. The summed E-state index contributed by atoms with van der Waals surface area (Å²) >= 11 is 4.84. The van der Waals surface area contributed by atoms with Crippen LogP contribution in [0, 0.1) is 0 Å². The smallest absolute Gasteiger partial charge is 0.276 e. The molecule has 2 aliphatic rings. The summed E-state index contributed by atoms with van der Waals surface area (Å²) in [5.41, 5.74) is 1.24. The number of nitrogens with zero attached hydrogens (tertiary/aromatic N) is 3. The van der Waals surface area contributed by atoms with Gasteiger partial charge in [0.15, 0.2) is 11.3 Å². The second kappa shape index (κ2) is 7.48. The van der Waals surface area contributed by atoms with Crippen LogP contribution in [0.1, 0.15) is 11.7 Å². The number of rotatable bonds is 3. The lowest BCUT2D eigenvalue weighted by Gasteiger charge is -2.34. The molecule has 2 heterocycles. The minimum Gasteiger partial charge on any atom is -0.497 e. The van der Waals surface area contributed by atoms with Crippen LogP contribution in [0.15, 0.2) is 51.0 Å². The van der Waals surface area contributed by atoms with Crippen LogP contribution in [0.4, 0.5) is 0 Å². The number of hydrazone groups is 1. The van der Waals surface area contributed by atoms with E-state index in [1.807, 2.05) is 36.6 Å². The maximum absolute atomic E-state index is 12.9. The van der Waals surface area contributed by atoms with Gasteiger partial charge in [-0.3, -0.25) is 15.1 Å². The largest absolute Gasteiger partial charge is 0.497 e. The molecule has 2 aromatic carbocycles. The molecule has 9 heteroatoms. The Bertz CT molecular complexity index is 1120. The van der Waals surface area contributed by atoms with Crippen LogP contribution < -0.4 is 25.4 Å². The quantitative estimate of drug-likeness (QED) is 0.757. The summed E-state index contributed by atoms with van der Waals surface area (Å²) in [6, 6.07) is 11.2. The van der Waals surface area contributed by atoms with Gasteiger partial charge in [0.1, 0.15) is 17.2 Å². The van der Waals surface area contributed by atoms with Gasteiger partial charge in [-0.15, -0.1) is 5.10 Å². The zero-order valence-electron chi connectivity index (χ0n) is 15.4. The lowest BCUT2D eigenvalue weighted by atomic mass is 10.1. The van der Waals surface area contributed by atoms with E-state index in [1.54, 1.807) is 25.3 Å². The van der Waals surface area contributed by atoms with E-state index in [2.05, 4.69) is 26.3 Å². The van der Waals surface area contributed by atoms with Crippen molar-refractivity contribution < 1.29 is 14.3 Å². The van der Waals surface area contributed by atoms with Crippen LogP contribution in [0.3, 0.4) is 0 Å². The van der Waals surface area contributed by atoms with Gasteiger partial charge in [0.05, 0.1) is 19.6 Å². The first kappa shape index (κ1) is 18.8. The topological polar surface area (TPSA) is 75.5 Å². The standard InChI is InChI=1S/C19H17BrN4O3S/c1-26-11-5-6-12(15(9-11)27-2)17-21-14-7-4-10(20)8-13(14)16-18(25)22-19(28-3)23-24(16)17/h4-9,17H,1-3H3,(H,22,23,25)/t17-/m0/s1. The molecule has 0 bridgehead atoms. The SMILES string of the molecule is COc1ccc([C@H]2N=c3ccc(Br)cc3=C3C(=O)NC(SC)=NN32)c(OC)c1. The molecule has 0 aliphatic carbocycles. The minimum absolute atomic E-state index is 0.217. The monoisotopic (exact) mass is 460 g/mol. The fourth-order valence-electron chi connectivity index (χ4n) is 3.18. The number of hydrogen-bond acceptors (Lipinski definition) is 7. The average molecular weight is 461 g/mol. The third kappa shape index (κ3) is 3.14. The van der Waals surface area contributed by atoms with Gasteiger partial charge in [0.2, 0.25) is 0 Å². The maximum Gasteiger partial charge on any atom is 0.276 e. The molecule has 1 N–H and O–H groups in total. The van der Waals surface area contributed by atoms with Crippen LogP contribution >= 0.6 is 27.7 Å². The summed E-state index contributed by atoms with van der Waals surface area (Å²) < 4.78 is 11.7. The summed E-state index contributed by atoms with van der Waals surface area (Å²) in [6.45, 7) is 0. The van der Waals surface area contributed by atoms with Crippen molar-refractivity contribution >= 4 is 44.5 Å². The minimum atomic E-state index is -0.544. The highest BCUT2D eigenvalue weighted by molar-refractivity contribution is 9.10. The fourth-order valence-corrected chi connectivity index (χ4v) is 3.90. The number of ether oxygens (including phenoxy) is 2. The van der Waals surface area contributed by atoms with Crippen molar-refractivity contribution in [3.8, 4) is 11.5 Å². The normalized spacial score (nSPS) is 17.8. The molecule has 0 saturated carbocycles. The van der Waals surface area contributed by atoms with Crippen LogP contribution in [0.25, 0.3) is 5.70 Å². The lowest BCUT2D eigenvalue weighted by Crippen LogP contribution is -2.50. The van der Waals surface area contributed by atoms with Crippen LogP contribution in [-0.2, 0) is 4.79 Å². The molecule has 4 rings (SSSR count). The van der Waals surface area contributed by atoms with E-state index < -0.39 is 6.17 Å². The molecule has 0 radical (unpaired) electrons. The van der Waals surface area contributed by atoms with Crippen molar-refractivity contribution in [2.45, 2.75) is 6.17 Å². The van der Waals surface area contributed by atoms with E-state index in [1.165, 1.54) is 11.8 Å². The Hall–Kier alpha value is -2.52. The van der Waals surface area contributed by atoms with Crippen LogP contribution in [0.2, 0.25) is 0 Å². The second-order valence-corrected chi connectivity index (χ2v) is 7.74. The first-order valence-corrected chi connectivity index (χ1v) is 10.4. The molecule has 2 aliphatic heterocycles. The Morgan fingerprint density at radius 1 is 1.18 bits per heavy atom. The molecule has 144 valence electrons. The molecule has 0 spiro atoms. The number of thioether (sulfide) groups is 1. The number of methoxy groups -OCH3 is 2. The van der Waals surface area contributed by atoms with Crippen molar-refractivity contribution in [2.24, 2.45) is 10.1 Å². The Balaban J connectivity index is 1.99. The lowest BCUT2D eigenvalue weighted by molar-refractivity contribution is -0.116. The fraction of sp³-hybridized carbons (Fsp3) is 0.211. The molecule has 7 nitrogen and oxygen atoms in total. The highest BCUT2D eigenvalue weighted by Crippen LogP contribution is 2.37. The number of amides is 1. The number of hydrogen-bond donors (Lipinski definition) is 1. The number of carbonyl (C=O) groups is 1.